The summed E-state index contributed by atoms with van der Waals surface area (Å²) < 4.78 is 0. The molecule has 0 radical (unpaired) electrons. The molecular formula is C20H23N5O7. The van der Waals surface area contributed by atoms with E-state index in [0.717, 1.165) is 6.08 Å². The van der Waals surface area contributed by atoms with Gasteiger partial charge in [-0.2, -0.15) is 4.98 Å². The molecule has 0 saturated heterocycles. The van der Waals surface area contributed by atoms with Gasteiger partial charge in [-0.25, -0.2) is 9.78 Å². The fraction of sp³-hybridized carbons (Fsp3) is 0.350. The smallest absolute Gasteiger partial charge is 0.326 e. The summed E-state index contributed by atoms with van der Waals surface area (Å²) in [6.07, 6.45) is 3.01. The van der Waals surface area contributed by atoms with E-state index in [0.29, 0.717) is 5.56 Å². The number of aliphatic carboxylic acids is 2. The minimum Gasteiger partial charge on any atom is -0.481 e. The van der Waals surface area contributed by atoms with E-state index in [-0.39, 0.29) is 29.3 Å². The van der Waals surface area contributed by atoms with Gasteiger partial charge in [-0.05, 0) is 24.1 Å². The third kappa shape index (κ3) is 6.72. The average Bonchev–Trinajstić information content (AvgIpc) is 2.68. The lowest BCUT2D eigenvalue weighted by Crippen LogP contribution is -2.40. The number of anilines is 1. The van der Waals surface area contributed by atoms with Crippen LogP contribution in [0.1, 0.15) is 39.2 Å². The summed E-state index contributed by atoms with van der Waals surface area (Å²) in [6, 6.07) is 0.0682. The van der Waals surface area contributed by atoms with Crippen LogP contribution in [0.3, 0.4) is 0 Å². The Hall–Kier alpha value is -4.09. The Kier molecular flexibility index (Phi) is 7.41. The summed E-state index contributed by atoms with van der Waals surface area (Å²) in [6.45, 7) is 5.12. The number of hydrogen-bond donors (Lipinski definition) is 5. The van der Waals surface area contributed by atoms with Crippen LogP contribution in [0.4, 0.5) is 5.95 Å². The van der Waals surface area contributed by atoms with Crippen LogP contribution in [0.2, 0.25) is 0 Å². The van der Waals surface area contributed by atoms with Crippen LogP contribution in [-0.2, 0) is 19.2 Å². The number of nitrogens with zero attached hydrogens (tertiary/aromatic N) is 2. The van der Waals surface area contributed by atoms with E-state index in [1.807, 2.05) is 0 Å². The van der Waals surface area contributed by atoms with Gasteiger partial charge < -0.3 is 15.5 Å². The van der Waals surface area contributed by atoms with E-state index in [4.69, 9.17) is 10.2 Å². The van der Waals surface area contributed by atoms with Crippen LogP contribution < -0.4 is 16.2 Å². The van der Waals surface area contributed by atoms with Crippen LogP contribution >= 0.6 is 0 Å². The van der Waals surface area contributed by atoms with Crippen LogP contribution in [0.5, 0.6) is 0 Å². The number of carbonyl (C=O) groups excluding carboxylic acids is 2. The Morgan fingerprint density at radius 3 is 2.50 bits per heavy atom. The van der Waals surface area contributed by atoms with Crippen molar-refractivity contribution in [1.82, 2.24) is 20.3 Å². The number of aromatic nitrogens is 3. The molecule has 0 saturated carbocycles. The van der Waals surface area contributed by atoms with Crippen LogP contribution in [0, 0.1) is 5.41 Å². The molecular weight excluding hydrogens is 422 g/mol. The first-order valence-electron chi connectivity index (χ1n) is 9.51. The lowest BCUT2D eigenvalue weighted by molar-refractivity contribution is -0.142. The zero-order valence-corrected chi connectivity index (χ0v) is 17.6. The number of nitrogens with one attached hydrogen (secondary N) is 3. The molecule has 0 unspecified atom stereocenters. The maximum atomic E-state index is 12.4. The van der Waals surface area contributed by atoms with Crippen molar-refractivity contribution in [2.45, 2.75) is 39.7 Å². The number of amides is 2. The Labute approximate surface area is 181 Å². The van der Waals surface area contributed by atoms with E-state index in [1.165, 1.54) is 18.3 Å². The minimum atomic E-state index is -1.35. The van der Waals surface area contributed by atoms with Gasteiger partial charge >= 0.3 is 11.9 Å². The SMILES string of the molecule is CC(C)(C)C(=O)Nc1nc2ncc(C=CC(=O)N[C@@H](CCC(=O)O)C(=O)O)cc2c(=O)[nH]1. The monoisotopic (exact) mass is 445 g/mol. The summed E-state index contributed by atoms with van der Waals surface area (Å²) in [5.74, 6) is -3.67. The van der Waals surface area contributed by atoms with Crippen molar-refractivity contribution in [3.8, 4) is 0 Å². The average molecular weight is 445 g/mol. The quantitative estimate of drug-likeness (QED) is 0.365. The predicted molar refractivity (Wildman–Crippen MR) is 114 cm³/mol. The number of aromatic amines is 1. The van der Waals surface area contributed by atoms with Crippen molar-refractivity contribution in [3.63, 3.8) is 0 Å². The molecule has 0 fully saturated rings. The fourth-order valence-electron chi connectivity index (χ4n) is 2.40. The Morgan fingerprint density at radius 2 is 1.91 bits per heavy atom. The molecule has 2 aromatic heterocycles. The molecule has 0 spiro atoms. The molecule has 2 heterocycles. The number of fused-ring (bicyclic) bond motifs is 1. The summed E-state index contributed by atoms with van der Waals surface area (Å²) in [5, 5.41) is 22.6. The summed E-state index contributed by atoms with van der Waals surface area (Å²) in [5.41, 5.74) is -0.794. The summed E-state index contributed by atoms with van der Waals surface area (Å²) in [4.78, 5) is 68.8. The zero-order valence-electron chi connectivity index (χ0n) is 17.6. The molecule has 170 valence electrons. The molecule has 12 heteroatoms. The number of carbonyl (C=O) groups is 4. The molecule has 12 nitrogen and oxygen atoms in total. The van der Waals surface area contributed by atoms with Crippen molar-refractivity contribution in [1.29, 1.82) is 0 Å². The molecule has 0 aromatic carbocycles. The molecule has 0 bridgehead atoms. The molecule has 32 heavy (non-hydrogen) atoms. The Bertz CT molecular complexity index is 1150. The van der Waals surface area contributed by atoms with Gasteiger partial charge in [0.1, 0.15) is 6.04 Å². The number of carboxylic acids is 2. The first-order valence-corrected chi connectivity index (χ1v) is 9.51. The van der Waals surface area contributed by atoms with Crippen molar-refractivity contribution >= 4 is 46.8 Å². The maximum absolute atomic E-state index is 12.4. The second-order valence-corrected chi connectivity index (χ2v) is 7.92. The zero-order chi connectivity index (χ0) is 24.1. The highest BCUT2D eigenvalue weighted by atomic mass is 16.4. The second kappa shape index (κ2) is 9.81. The number of H-pyrrole nitrogens is 1. The molecule has 0 aliphatic carbocycles. The summed E-state index contributed by atoms with van der Waals surface area (Å²) in [7, 11) is 0. The van der Waals surface area contributed by atoms with Gasteiger partial charge in [-0.3, -0.25) is 29.5 Å². The minimum absolute atomic E-state index is 0.0429. The van der Waals surface area contributed by atoms with Gasteiger partial charge in [0.15, 0.2) is 5.65 Å². The van der Waals surface area contributed by atoms with Crippen LogP contribution in [0.15, 0.2) is 23.1 Å². The lowest BCUT2D eigenvalue weighted by Gasteiger charge is -2.16. The molecule has 0 aliphatic heterocycles. The van der Waals surface area contributed by atoms with E-state index in [9.17, 15) is 24.0 Å². The van der Waals surface area contributed by atoms with Crippen LogP contribution in [0.25, 0.3) is 17.1 Å². The number of hydrogen-bond acceptors (Lipinski definition) is 7. The maximum Gasteiger partial charge on any atom is 0.326 e. The van der Waals surface area contributed by atoms with Gasteiger partial charge in [0, 0.05) is 24.1 Å². The molecule has 0 aliphatic rings. The van der Waals surface area contributed by atoms with E-state index in [2.05, 4.69) is 25.6 Å². The number of pyridine rings is 1. The molecule has 1 atom stereocenters. The highest BCUT2D eigenvalue weighted by Gasteiger charge is 2.22. The van der Waals surface area contributed by atoms with Crippen molar-refractivity contribution < 1.29 is 29.4 Å². The third-order valence-electron chi connectivity index (χ3n) is 4.18. The van der Waals surface area contributed by atoms with Gasteiger partial charge in [-0.15, -0.1) is 0 Å². The Morgan fingerprint density at radius 1 is 1.22 bits per heavy atom. The lowest BCUT2D eigenvalue weighted by atomic mass is 9.96. The molecule has 2 rings (SSSR count). The highest BCUT2D eigenvalue weighted by molar-refractivity contribution is 5.95. The topological polar surface area (TPSA) is 191 Å². The Balaban J connectivity index is 2.16. The normalized spacial score (nSPS) is 12.5. The number of carboxylic acid groups (broad SMARTS) is 2. The van der Waals surface area contributed by atoms with Gasteiger partial charge in [0.25, 0.3) is 5.56 Å². The van der Waals surface area contributed by atoms with E-state index < -0.39 is 41.3 Å². The van der Waals surface area contributed by atoms with Crippen molar-refractivity contribution in [2.24, 2.45) is 5.41 Å². The highest BCUT2D eigenvalue weighted by Crippen LogP contribution is 2.16. The third-order valence-corrected chi connectivity index (χ3v) is 4.18. The van der Waals surface area contributed by atoms with Crippen LogP contribution in [-0.4, -0.2) is 55.0 Å². The van der Waals surface area contributed by atoms with Gasteiger partial charge in [0.05, 0.1) is 5.39 Å². The number of rotatable bonds is 8. The van der Waals surface area contributed by atoms with E-state index in [1.54, 1.807) is 20.8 Å². The largest absolute Gasteiger partial charge is 0.481 e. The standard InChI is InChI=1S/C20H23N5O7/c1-20(2,3)18(32)25-19-23-15-11(16(29)24-19)8-10(9-21-15)4-6-13(26)22-12(17(30)31)5-7-14(27)28/h4,6,8-9,12H,5,7H2,1-3H3,(H,22,26)(H,27,28)(H,30,31)(H2,21,23,24,25,29,32)/t12-/m0/s1. The first-order chi connectivity index (χ1) is 14.9. The molecule has 5 N–H and O–H groups in total. The predicted octanol–water partition coefficient (Wildman–Crippen LogP) is 0.750. The van der Waals surface area contributed by atoms with Crippen molar-refractivity contribution in [3.05, 3.63) is 34.3 Å². The van der Waals surface area contributed by atoms with E-state index >= 15 is 0 Å². The van der Waals surface area contributed by atoms with Crippen molar-refractivity contribution in [2.75, 3.05) is 5.32 Å². The summed E-state index contributed by atoms with van der Waals surface area (Å²) >= 11 is 0. The first kappa shape index (κ1) is 24.2. The fourth-order valence-corrected chi connectivity index (χ4v) is 2.40. The second-order valence-electron chi connectivity index (χ2n) is 7.92. The van der Waals surface area contributed by atoms with Gasteiger partial charge in [0.2, 0.25) is 17.8 Å². The molecule has 2 aromatic rings. The van der Waals surface area contributed by atoms with Gasteiger partial charge in [-0.1, -0.05) is 20.8 Å². The molecule has 2 amide bonds.